The number of carbonyl (C=O) groups excluding carboxylic acids is 1. The van der Waals surface area contributed by atoms with E-state index in [1.54, 1.807) is 0 Å². The van der Waals surface area contributed by atoms with Gasteiger partial charge >= 0.3 is 0 Å². The van der Waals surface area contributed by atoms with Gasteiger partial charge in [0.15, 0.2) is 0 Å². The lowest BCUT2D eigenvalue weighted by atomic mass is 9.92. The molecule has 2 fully saturated rings. The van der Waals surface area contributed by atoms with Gasteiger partial charge in [0.2, 0.25) is 5.91 Å². The lowest BCUT2D eigenvalue weighted by Gasteiger charge is -2.23. The lowest BCUT2D eigenvalue weighted by molar-refractivity contribution is -0.123. The van der Waals surface area contributed by atoms with Crippen LogP contribution in [0.1, 0.15) is 19.3 Å². The number of amides is 1. The molecule has 1 saturated carbocycles. The topological polar surface area (TPSA) is 50.4 Å². The van der Waals surface area contributed by atoms with Gasteiger partial charge in [-0.15, -0.1) is 0 Å². The van der Waals surface area contributed by atoms with Crippen LogP contribution in [0.15, 0.2) is 42.5 Å². The van der Waals surface area contributed by atoms with Crippen molar-refractivity contribution in [1.82, 2.24) is 10.6 Å². The van der Waals surface area contributed by atoms with Crippen molar-refractivity contribution >= 4 is 16.7 Å². The SMILES string of the molecule is O=C(NCCOc1cccc2ccccc12)C1CC12CCNCC2. The molecule has 4 nitrogen and oxygen atoms in total. The number of benzene rings is 2. The third-order valence-electron chi connectivity index (χ3n) is 5.51. The quantitative estimate of drug-likeness (QED) is 0.832. The fraction of sp³-hybridized carbons (Fsp3) is 0.450. The molecular formula is C20H24N2O2. The van der Waals surface area contributed by atoms with Gasteiger partial charge in [-0.05, 0) is 49.2 Å². The third kappa shape index (κ3) is 2.98. The van der Waals surface area contributed by atoms with Crippen molar-refractivity contribution in [3.8, 4) is 5.75 Å². The third-order valence-corrected chi connectivity index (χ3v) is 5.51. The molecule has 0 bridgehead atoms. The first-order chi connectivity index (χ1) is 11.8. The molecular weight excluding hydrogens is 300 g/mol. The van der Waals surface area contributed by atoms with E-state index in [2.05, 4.69) is 28.8 Å². The molecule has 1 atom stereocenters. The zero-order valence-electron chi connectivity index (χ0n) is 13.9. The van der Waals surface area contributed by atoms with Crippen LogP contribution in [0.5, 0.6) is 5.75 Å². The maximum atomic E-state index is 12.3. The molecule has 1 amide bonds. The maximum absolute atomic E-state index is 12.3. The Morgan fingerprint density at radius 1 is 1.17 bits per heavy atom. The highest BCUT2D eigenvalue weighted by Gasteiger charge is 2.57. The summed E-state index contributed by atoms with van der Waals surface area (Å²) in [5.74, 6) is 1.30. The van der Waals surface area contributed by atoms with Crippen LogP contribution in [0, 0.1) is 11.3 Å². The first-order valence-corrected chi connectivity index (χ1v) is 8.88. The van der Waals surface area contributed by atoms with E-state index in [0.717, 1.165) is 43.5 Å². The molecule has 24 heavy (non-hydrogen) atoms. The number of carbonyl (C=O) groups is 1. The summed E-state index contributed by atoms with van der Waals surface area (Å²) < 4.78 is 5.88. The van der Waals surface area contributed by atoms with Crippen LogP contribution in [0.25, 0.3) is 10.8 Å². The van der Waals surface area contributed by atoms with Gasteiger partial charge in [0.25, 0.3) is 0 Å². The van der Waals surface area contributed by atoms with Crippen LogP contribution >= 0.6 is 0 Å². The summed E-state index contributed by atoms with van der Waals surface area (Å²) in [6.45, 7) is 3.16. The Bertz CT molecular complexity index is 732. The van der Waals surface area contributed by atoms with E-state index in [9.17, 15) is 4.79 Å². The van der Waals surface area contributed by atoms with Crippen LogP contribution in [-0.4, -0.2) is 32.1 Å². The standard InChI is InChI=1S/C20H24N2O2/c23-19(17-14-20(17)8-10-21-11-9-20)22-12-13-24-18-7-3-5-15-4-1-2-6-16(15)18/h1-7,17,21H,8-14H2,(H,22,23). The molecule has 4 heteroatoms. The van der Waals surface area contributed by atoms with Gasteiger partial charge < -0.3 is 15.4 Å². The summed E-state index contributed by atoms with van der Waals surface area (Å²) >= 11 is 0. The summed E-state index contributed by atoms with van der Waals surface area (Å²) in [6, 6.07) is 14.2. The first kappa shape index (κ1) is 15.5. The van der Waals surface area contributed by atoms with Gasteiger partial charge in [-0.25, -0.2) is 0 Å². The Morgan fingerprint density at radius 2 is 1.96 bits per heavy atom. The Morgan fingerprint density at radius 3 is 2.83 bits per heavy atom. The van der Waals surface area contributed by atoms with Crippen LogP contribution < -0.4 is 15.4 Å². The van der Waals surface area contributed by atoms with Crippen molar-refractivity contribution < 1.29 is 9.53 Å². The van der Waals surface area contributed by atoms with Gasteiger partial charge in [0.1, 0.15) is 12.4 Å². The summed E-state index contributed by atoms with van der Waals surface area (Å²) in [6.07, 6.45) is 3.33. The Balaban J connectivity index is 1.27. The van der Waals surface area contributed by atoms with E-state index in [4.69, 9.17) is 4.74 Å². The Hall–Kier alpha value is -2.07. The van der Waals surface area contributed by atoms with Crippen LogP contribution in [0.3, 0.4) is 0 Å². The molecule has 2 N–H and O–H groups in total. The molecule has 4 rings (SSSR count). The number of rotatable bonds is 5. The van der Waals surface area contributed by atoms with Crippen molar-refractivity contribution in [2.24, 2.45) is 11.3 Å². The number of hydrogen-bond acceptors (Lipinski definition) is 3. The molecule has 1 aliphatic heterocycles. The van der Waals surface area contributed by atoms with Crippen molar-refractivity contribution in [3.63, 3.8) is 0 Å². The molecule has 1 spiro atoms. The highest BCUT2D eigenvalue weighted by Crippen LogP contribution is 2.58. The van der Waals surface area contributed by atoms with Crippen LogP contribution in [0.4, 0.5) is 0 Å². The van der Waals surface area contributed by atoms with E-state index < -0.39 is 0 Å². The molecule has 1 aliphatic carbocycles. The second kappa shape index (κ2) is 6.44. The number of hydrogen-bond donors (Lipinski definition) is 2. The fourth-order valence-electron chi connectivity index (χ4n) is 3.98. The molecule has 126 valence electrons. The minimum Gasteiger partial charge on any atom is -0.491 e. The number of fused-ring (bicyclic) bond motifs is 1. The van der Waals surface area contributed by atoms with Crippen molar-refractivity contribution in [2.75, 3.05) is 26.2 Å². The van der Waals surface area contributed by atoms with Crippen LogP contribution in [-0.2, 0) is 4.79 Å². The van der Waals surface area contributed by atoms with E-state index >= 15 is 0 Å². The van der Waals surface area contributed by atoms with Gasteiger partial charge in [-0.3, -0.25) is 4.79 Å². The molecule has 0 radical (unpaired) electrons. The van der Waals surface area contributed by atoms with Crippen molar-refractivity contribution in [2.45, 2.75) is 19.3 Å². The largest absolute Gasteiger partial charge is 0.491 e. The second-order valence-electron chi connectivity index (χ2n) is 6.99. The second-order valence-corrected chi connectivity index (χ2v) is 6.99. The molecule has 1 saturated heterocycles. The van der Waals surface area contributed by atoms with Crippen molar-refractivity contribution in [1.29, 1.82) is 0 Å². The van der Waals surface area contributed by atoms with Gasteiger partial charge in [0, 0.05) is 11.3 Å². The smallest absolute Gasteiger partial charge is 0.223 e. The minimum absolute atomic E-state index is 0.207. The Kier molecular flexibility index (Phi) is 4.15. The summed E-state index contributed by atoms with van der Waals surface area (Å²) in [5.41, 5.74) is 0.297. The molecule has 2 aliphatic rings. The summed E-state index contributed by atoms with van der Waals surface area (Å²) in [5, 5.41) is 8.71. The fourth-order valence-corrected chi connectivity index (χ4v) is 3.98. The number of nitrogens with one attached hydrogen (secondary N) is 2. The molecule has 2 aromatic rings. The summed E-state index contributed by atoms with van der Waals surface area (Å²) in [4.78, 5) is 12.3. The van der Waals surface area contributed by atoms with E-state index in [-0.39, 0.29) is 11.8 Å². The highest BCUT2D eigenvalue weighted by atomic mass is 16.5. The average Bonchev–Trinajstić information content (AvgIpc) is 3.32. The zero-order chi connectivity index (χ0) is 16.4. The molecule has 2 aromatic carbocycles. The maximum Gasteiger partial charge on any atom is 0.223 e. The van der Waals surface area contributed by atoms with Gasteiger partial charge in [-0.1, -0.05) is 36.4 Å². The normalized spacial score (nSPS) is 21.6. The van der Waals surface area contributed by atoms with Crippen molar-refractivity contribution in [3.05, 3.63) is 42.5 Å². The zero-order valence-corrected chi connectivity index (χ0v) is 13.9. The Labute approximate surface area is 142 Å². The van der Waals surface area contributed by atoms with E-state index in [1.807, 2.05) is 24.3 Å². The van der Waals surface area contributed by atoms with Crippen LogP contribution in [0.2, 0.25) is 0 Å². The van der Waals surface area contributed by atoms with E-state index in [0.29, 0.717) is 18.6 Å². The molecule has 1 unspecified atom stereocenters. The number of ether oxygens (including phenoxy) is 1. The first-order valence-electron chi connectivity index (χ1n) is 8.88. The predicted molar refractivity (Wildman–Crippen MR) is 95.1 cm³/mol. The van der Waals surface area contributed by atoms with Gasteiger partial charge in [0.05, 0.1) is 6.54 Å². The number of piperidine rings is 1. The average molecular weight is 324 g/mol. The van der Waals surface area contributed by atoms with E-state index in [1.165, 1.54) is 5.39 Å². The monoisotopic (exact) mass is 324 g/mol. The molecule has 0 aromatic heterocycles. The highest BCUT2D eigenvalue weighted by molar-refractivity contribution is 5.88. The van der Waals surface area contributed by atoms with Gasteiger partial charge in [-0.2, -0.15) is 0 Å². The minimum atomic E-state index is 0.207. The predicted octanol–water partition coefficient (Wildman–Crippen LogP) is 2.72. The summed E-state index contributed by atoms with van der Waals surface area (Å²) in [7, 11) is 0. The molecule has 1 heterocycles. The lowest BCUT2D eigenvalue weighted by Crippen LogP contribution is -2.35.